The molecule has 5 nitrogen and oxygen atoms in total. The van der Waals surface area contributed by atoms with Gasteiger partial charge in [0, 0.05) is 5.38 Å². The maximum absolute atomic E-state index is 11.2. The topological polar surface area (TPSA) is 72.6 Å². The molecule has 0 aliphatic heterocycles. The first-order chi connectivity index (χ1) is 8.11. The van der Waals surface area contributed by atoms with E-state index in [1.54, 1.807) is 5.38 Å². The van der Waals surface area contributed by atoms with Gasteiger partial charge in [-0.3, -0.25) is 0 Å². The van der Waals surface area contributed by atoms with Crippen LogP contribution in [0.4, 0.5) is 0 Å². The number of rotatable bonds is 3. The number of thiazole rings is 1. The first kappa shape index (κ1) is 11.8. The second kappa shape index (κ2) is 4.68. The Labute approximate surface area is 102 Å². The highest BCUT2D eigenvalue weighted by molar-refractivity contribution is 7.09. The monoisotopic (exact) mass is 253 g/mol. The molecule has 1 N–H and O–H groups in total. The molecule has 1 atom stereocenters. The number of methoxy groups -OCH3 is 1. The zero-order chi connectivity index (χ0) is 12.4. The number of furan rings is 1. The van der Waals surface area contributed by atoms with E-state index in [1.807, 2.05) is 6.92 Å². The van der Waals surface area contributed by atoms with Crippen molar-refractivity contribution in [3.8, 4) is 0 Å². The van der Waals surface area contributed by atoms with Gasteiger partial charge in [0.2, 0.25) is 5.76 Å². The van der Waals surface area contributed by atoms with Crippen molar-refractivity contribution in [2.45, 2.75) is 13.0 Å². The molecule has 90 valence electrons. The van der Waals surface area contributed by atoms with Crippen molar-refractivity contribution in [2.24, 2.45) is 0 Å². The minimum Gasteiger partial charge on any atom is -0.463 e. The fourth-order valence-corrected chi connectivity index (χ4v) is 1.99. The largest absolute Gasteiger partial charge is 0.463 e. The molecule has 0 aliphatic carbocycles. The van der Waals surface area contributed by atoms with E-state index in [9.17, 15) is 9.90 Å². The van der Waals surface area contributed by atoms with Gasteiger partial charge in [0.05, 0.1) is 17.8 Å². The number of esters is 1. The summed E-state index contributed by atoms with van der Waals surface area (Å²) in [6, 6.07) is 3.00. The van der Waals surface area contributed by atoms with E-state index >= 15 is 0 Å². The number of ether oxygens (including phenoxy) is 1. The number of aromatic nitrogens is 1. The Morgan fingerprint density at radius 2 is 2.35 bits per heavy atom. The van der Waals surface area contributed by atoms with Crippen molar-refractivity contribution in [3.63, 3.8) is 0 Å². The number of hydrogen-bond donors (Lipinski definition) is 1. The molecule has 0 fully saturated rings. The lowest BCUT2D eigenvalue weighted by molar-refractivity contribution is 0.0557. The summed E-state index contributed by atoms with van der Waals surface area (Å²) in [6.07, 6.45) is -0.960. The van der Waals surface area contributed by atoms with Gasteiger partial charge in [-0.25, -0.2) is 9.78 Å². The summed E-state index contributed by atoms with van der Waals surface area (Å²) < 4.78 is 9.71. The maximum atomic E-state index is 11.2. The Hall–Kier alpha value is -1.66. The normalized spacial score (nSPS) is 12.4. The Kier molecular flexibility index (Phi) is 3.26. The highest BCUT2D eigenvalue weighted by Gasteiger charge is 2.19. The second-order valence-corrected chi connectivity index (χ2v) is 4.45. The number of hydrogen-bond acceptors (Lipinski definition) is 6. The minimum absolute atomic E-state index is 0.0634. The molecule has 2 rings (SSSR count). The lowest BCUT2D eigenvalue weighted by atomic mass is 10.2. The van der Waals surface area contributed by atoms with Crippen molar-refractivity contribution in [1.82, 2.24) is 4.98 Å². The van der Waals surface area contributed by atoms with Gasteiger partial charge in [-0.15, -0.1) is 11.3 Å². The molecule has 0 saturated heterocycles. The maximum Gasteiger partial charge on any atom is 0.373 e. The fourth-order valence-electron chi connectivity index (χ4n) is 1.36. The van der Waals surface area contributed by atoms with Crippen LogP contribution in [-0.4, -0.2) is 23.2 Å². The Balaban J connectivity index is 2.23. The number of aliphatic hydroxyl groups is 1. The summed E-state index contributed by atoms with van der Waals surface area (Å²) in [7, 11) is 1.27. The lowest BCUT2D eigenvalue weighted by Gasteiger charge is -2.03. The summed E-state index contributed by atoms with van der Waals surface area (Å²) in [5.74, 6) is -0.234. The van der Waals surface area contributed by atoms with E-state index in [1.165, 1.54) is 30.6 Å². The molecular weight excluding hydrogens is 242 g/mol. The Morgan fingerprint density at radius 1 is 1.59 bits per heavy atom. The average Bonchev–Trinajstić information content (AvgIpc) is 2.95. The van der Waals surface area contributed by atoms with Gasteiger partial charge in [0.25, 0.3) is 0 Å². The van der Waals surface area contributed by atoms with E-state index in [0.29, 0.717) is 5.69 Å². The van der Waals surface area contributed by atoms with Crippen molar-refractivity contribution < 1.29 is 19.1 Å². The van der Waals surface area contributed by atoms with E-state index in [4.69, 9.17) is 4.42 Å². The van der Waals surface area contributed by atoms with Gasteiger partial charge in [-0.1, -0.05) is 0 Å². The zero-order valence-corrected chi connectivity index (χ0v) is 10.2. The van der Waals surface area contributed by atoms with Gasteiger partial charge >= 0.3 is 5.97 Å². The van der Waals surface area contributed by atoms with Gasteiger partial charge in [-0.05, 0) is 19.1 Å². The number of carbonyl (C=O) groups excluding carboxylic acids is 1. The van der Waals surface area contributed by atoms with Crippen LogP contribution in [0.1, 0.15) is 33.1 Å². The molecule has 2 aromatic heterocycles. The van der Waals surface area contributed by atoms with Gasteiger partial charge in [0.15, 0.2) is 6.10 Å². The molecule has 0 radical (unpaired) electrons. The molecule has 2 aromatic rings. The molecule has 0 bridgehead atoms. The van der Waals surface area contributed by atoms with Crippen LogP contribution >= 0.6 is 11.3 Å². The van der Waals surface area contributed by atoms with Crippen molar-refractivity contribution in [2.75, 3.05) is 7.11 Å². The van der Waals surface area contributed by atoms with E-state index < -0.39 is 12.1 Å². The summed E-state index contributed by atoms with van der Waals surface area (Å²) in [5, 5.41) is 12.6. The van der Waals surface area contributed by atoms with Gasteiger partial charge in [-0.2, -0.15) is 0 Å². The minimum atomic E-state index is -0.960. The Bertz CT molecular complexity index is 531. The number of aliphatic hydroxyl groups excluding tert-OH is 1. The molecule has 6 heteroatoms. The third-order valence-electron chi connectivity index (χ3n) is 2.20. The third kappa shape index (κ3) is 2.37. The SMILES string of the molecule is COC(=O)c1ccc(C(O)c2csc(C)n2)o1. The predicted octanol–water partition coefficient (Wildman–Crippen LogP) is 1.91. The third-order valence-corrected chi connectivity index (χ3v) is 2.99. The smallest absolute Gasteiger partial charge is 0.373 e. The zero-order valence-electron chi connectivity index (χ0n) is 9.34. The number of nitrogens with zero attached hydrogens (tertiary/aromatic N) is 1. The van der Waals surface area contributed by atoms with E-state index in [0.717, 1.165) is 5.01 Å². The molecule has 0 amide bonds. The molecule has 0 aliphatic rings. The lowest BCUT2D eigenvalue weighted by Crippen LogP contribution is -2.00. The first-order valence-electron chi connectivity index (χ1n) is 4.90. The van der Waals surface area contributed by atoms with Gasteiger partial charge < -0.3 is 14.3 Å². The van der Waals surface area contributed by atoms with Crippen LogP contribution in [0.2, 0.25) is 0 Å². The van der Waals surface area contributed by atoms with Crippen LogP contribution in [0.3, 0.4) is 0 Å². The second-order valence-electron chi connectivity index (χ2n) is 3.39. The molecule has 1 unspecified atom stereocenters. The van der Waals surface area contributed by atoms with E-state index in [-0.39, 0.29) is 11.5 Å². The number of carbonyl (C=O) groups is 1. The summed E-state index contributed by atoms with van der Waals surface area (Å²) >= 11 is 1.44. The van der Waals surface area contributed by atoms with Crippen LogP contribution < -0.4 is 0 Å². The van der Waals surface area contributed by atoms with Crippen LogP contribution in [0.25, 0.3) is 0 Å². The van der Waals surface area contributed by atoms with Crippen LogP contribution in [0.15, 0.2) is 21.9 Å². The predicted molar refractivity (Wildman–Crippen MR) is 61.0 cm³/mol. The fraction of sp³-hybridized carbons (Fsp3) is 0.273. The summed E-state index contributed by atoms with van der Waals surface area (Å²) in [4.78, 5) is 15.3. The molecule has 17 heavy (non-hydrogen) atoms. The highest BCUT2D eigenvalue weighted by Crippen LogP contribution is 2.25. The van der Waals surface area contributed by atoms with Crippen molar-refractivity contribution in [3.05, 3.63) is 39.7 Å². The van der Waals surface area contributed by atoms with Crippen LogP contribution in [0, 0.1) is 6.92 Å². The average molecular weight is 253 g/mol. The Morgan fingerprint density at radius 3 is 2.94 bits per heavy atom. The standard InChI is InChI=1S/C11H11NO4S/c1-6-12-7(5-17-6)10(13)8-3-4-9(16-8)11(14)15-2/h3-5,10,13H,1-2H3. The van der Waals surface area contributed by atoms with E-state index in [2.05, 4.69) is 9.72 Å². The molecule has 0 aromatic carbocycles. The molecule has 0 saturated carbocycles. The summed E-state index contributed by atoms with van der Waals surface area (Å²) in [6.45, 7) is 1.85. The molecule has 0 spiro atoms. The first-order valence-corrected chi connectivity index (χ1v) is 5.78. The van der Waals surface area contributed by atoms with Crippen LogP contribution in [-0.2, 0) is 4.74 Å². The number of aryl methyl sites for hydroxylation is 1. The highest BCUT2D eigenvalue weighted by atomic mass is 32.1. The van der Waals surface area contributed by atoms with Crippen molar-refractivity contribution in [1.29, 1.82) is 0 Å². The quantitative estimate of drug-likeness (QED) is 0.846. The molecule has 2 heterocycles. The molecular formula is C11H11NO4S. The van der Waals surface area contributed by atoms with Crippen LogP contribution in [0.5, 0.6) is 0 Å². The summed E-state index contributed by atoms with van der Waals surface area (Å²) in [5.41, 5.74) is 0.512. The van der Waals surface area contributed by atoms with Gasteiger partial charge in [0.1, 0.15) is 5.76 Å². The van der Waals surface area contributed by atoms with Crippen molar-refractivity contribution >= 4 is 17.3 Å².